The number of nitrogens with one attached hydrogen (secondary N) is 2. The lowest BCUT2D eigenvalue weighted by molar-refractivity contribution is 0.123. The van der Waals surface area contributed by atoms with Crippen molar-refractivity contribution in [2.45, 2.75) is 6.92 Å². The number of nitrogens with zero attached hydrogens (tertiary/aromatic N) is 1. The monoisotopic (exact) mass is 345 g/mol. The van der Waals surface area contributed by atoms with E-state index in [0.29, 0.717) is 18.2 Å². The van der Waals surface area contributed by atoms with Crippen LogP contribution in [0.2, 0.25) is 5.02 Å². The Kier molecular flexibility index (Phi) is 5.23. The molecule has 3 rings (SSSR count). The summed E-state index contributed by atoms with van der Waals surface area (Å²) < 4.78 is 5.39. The SMILES string of the molecule is Cc1cc(Cl)ccc1NC(=O)Nc1ccccc1N1CCOCC1. The summed E-state index contributed by atoms with van der Waals surface area (Å²) in [6, 6.07) is 12.9. The van der Waals surface area contributed by atoms with E-state index in [2.05, 4.69) is 15.5 Å². The number of halogens is 1. The van der Waals surface area contributed by atoms with Crippen LogP contribution in [0.25, 0.3) is 0 Å². The number of urea groups is 1. The maximum absolute atomic E-state index is 12.4. The van der Waals surface area contributed by atoms with Crippen molar-refractivity contribution in [1.82, 2.24) is 0 Å². The Bertz CT molecular complexity index is 730. The molecular weight excluding hydrogens is 326 g/mol. The first-order chi connectivity index (χ1) is 11.6. The molecule has 0 spiro atoms. The molecule has 0 unspecified atom stereocenters. The number of carbonyl (C=O) groups is 1. The lowest BCUT2D eigenvalue weighted by Crippen LogP contribution is -2.37. The number of anilines is 3. The molecule has 2 N–H and O–H groups in total. The molecule has 2 amide bonds. The highest BCUT2D eigenvalue weighted by atomic mass is 35.5. The smallest absolute Gasteiger partial charge is 0.323 e. The van der Waals surface area contributed by atoms with Gasteiger partial charge >= 0.3 is 6.03 Å². The van der Waals surface area contributed by atoms with Crippen molar-refractivity contribution in [3.63, 3.8) is 0 Å². The van der Waals surface area contributed by atoms with Gasteiger partial charge in [-0.1, -0.05) is 23.7 Å². The predicted molar refractivity (Wildman–Crippen MR) is 98.3 cm³/mol. The Labute approximate surface area is 146 Å². The number of ether oxygens (including phenoxy) is 1. The number of para-hydroxylation sites is 2. The fourth-order valence-corrected chi connectivity index (χ4v) is 2.93. The molecule has 5 nitrogen and oxygen atoms in total. The van der Waals surface area contributed by atoms with E-state index in [1.807, 2.05) is 37.3 Å². The molecule has 0 bridgehead atoms. The minimum Gasteiger partial charge on any atom is -0.378 e. The van der Waals surface area contributed by atoms with Crippen LogP contribution in [0.3, 0.4) is 0 Å². The van der Waals surface area contributed by atoms with Gasteiger partial charge in [0.25, 0.3) is 0 Å². The number of morpholine rings is 1. The van der Waals surface area contributed by atoms with Crippen molar-refractivity contribution in [2.75, 3.05) is 41.8 Å². The molecule has 2 aromatic carbocycles. The van der Waals surface area contributed by atoms with E-state index in [4.69, 9.17) is 16.3 Å². The quantitative estimate of drug-likeness (QED) is 0.879. The Balaban J connectivity index is 1.72. The van der Waals surface area contributed by atoms with Gasteiger partial charge in [-0.2, -0.15) is 0 Å². The van der Waals surface area contributed by atoms with Crippen LogP contribution in [0.1, 0.15) is 5.56 Å². The van der Waals surface area contributed by atoms with Gasteiger partial charge in [0.05, 0.1) is 24.6 Å². The number of benzene rings is 2. The summed E-state index contributed by atoms with van der Waals surface area (Å²) in [5, 5.41) is 6.45. The van der Waals surface area contributed by atoms with E-state index in [0.717, 1.165) is 35.7 Å². The lowest BCUT2D eigenvalue weighted by Gasteiger charge is -2.30. The standard InChI is InChI=1S/C18H20ClN3O2/c1-13-12-14(19)6-7-15(13)20-18(23)21-16-4-2-3-5-17(16)22-8-10-24-11-9-22/h2-7,12H,8-11H2,1H3,(H2,20,21,23). The van der Waals surface area contributed by atoms with Crippen LogP contribution in [0.4, 0.5) is 21.9 Å². The van der Waals surface area contributed by atoms with Gasteiger partial charge in [-0.05, 0) is 42.8 Å². The molecule has 1 heterocycles. The lowest BCUT2D eigenvalue weighted by atomic mass is 10.2. The highest BCUT2D eigenvalue weighted by Gasteiger charge is 2.16. The second kappa shape index (κ2) is 7.55. The van der Waals surface area contributed by atoms with Gasteiger partial charge in [-0.3, -0.25) is 0 Å². The van der Waals surface area contributed by atoms with Crippen LogP contribution >= 0.6 is 11.6 Å². The third kappa shape index (κ3) is 3.99. The zero-order valence-corrected chi connectivity index (χ0v) is 14.3. The molecule has 0 aromatic heterocycles. The van der Waals surface area contributed by atoms with Crippen molar-refractivity contribution in [2.24, 2.45) is 0 Å². The van der Waals surface area contributed by atoms with Crippen molar-refractivity contribution in [3.8, 4) is 0 Å². The molecule has 2 aromatic rings. The second-order valence-corrected chi connectivity index (χ2v) is 6.09. The van der Waals surface area contributed by atoms with Gasteiger partial charge in [-0.25, -0.2) is 4.79 Å². The number of hydrogen-bond donors (Lipinski definition) is 2. The molecule has 126 valence electrons. The average molecular weight is 346 g/mol. The summed E-state index contributed by atoms with van der Waals surface area (Å²) in [4.78, 5) is 14.6. The summed E-state index contributed by atoms with van der Waals surface area (Å²) in [6.45, 7) is 4.94. The van der Waals surface area contributed by atoms with Gasteiger partial charge in [0, 0.05) is 23.8 Å². The summed E-state index contributed by atoms with van der Waals surface area (Å²) >= 11 is 5.95. The van der Waals surface area contributed by atoms with E-state index in [9.17, 15) is 4.79 Å². The topological polar surface area (TPSA) is 53.6 Å². The molecule has 0 aliphatic carbocycles. The number of rotatable bonds is 3. The minimum atomic E-state index is -0.277. The molecule has 6 heteroatoms. The van der Waals surface area contributed by atoms with E-state index in [1.165, 1.54) is 0 Å². The molecule has 24 heavy (non-hydrogen) atoms. The van der Waals surface area contributed by atoms with Crippen LogP contribution in [0.5, 0.6) is 0 Å². The van der Waals surface area contributed by atoms with Gasteiger partial charge in [0.15, 0.2) is 0 Å². The van der Waals surface area contributed by atoms with Crippen molar-refractivity contribution in [3.05, 3.63) is 53.1 Å². The number of carbonyl (C=O) groups excluding carboxylic acids is 1. The largest absolute Gasteiger partial charge is 0.378 e. The Hall–Kier alpha value is -2.24. The average Bonchev–Trinajstić information content (AvgIpc) is 2.59. The van der Waals surface area contributed by atoms with Crippen LogP contribution in [-0.4, -0.2) is 32.3 Å². The fourth-order valence-electron chi connectivity index (χ4n) is 2.70. The summed E-state index contributed by atoms with van der Waals surface area (Å²) in [5.74, 6) is 0. The highest BCUT2D eigenvalue weighted by molar-refractivity contribution is 6.30. The van der Waals surface area contributed by atoms with E-state index in [-0.39, 0.29) is 6.03 Å². The first-order valence-corrected chi connectivity index (χ1v) is 8.27. The Morgan fingerprint density at radius 3 is 2.54 bits per heavy atom. The zero-order chi connectivity index (χ0) is 16.9. The first-order valence-electron chi connectivity index (χ1n) is 7.89. The molecule has 1 aliphatic heterocycles. The highest BCUT2D eigenvalue weighted by Crippen LogP contribution is 2.27. The summed E-state index contributed by atoms with van der Waals surface area (Å²) in [5.41, 5.74) is 3.44. The van der Waals surface area contributed by atoms with E-state index in [1.54, 1.807) is 12.1 Å². The molecular formula is C18H20ClN3O2. The fraction of sp³-hybridized carbons (Fsp3) is 0.278. The molecule has 0 atom stereocenters. The van der Waals surface area contributed by atoms with Crippen LogP contribution in [0.15, 0.2) is 42.5 Å². The first kappa shape index (κ1) is 16.6. The van der Waals surface area contributed by atoms with E-state index < -0.39 is 0 Å². The predicted octanol–water partition coefficient (Wildman–Crippen LogP) is 4.13. The van der Waals surface area contributed by atoms with Gasteiger partial charge < -0.3 is 20.3 Å². The van der Waals surface area contributed by atoms with E-state index >= 15 is 0 Å². The van der Waals surface area contributed by atoms with Crippen LogP contribution in [0, 0.1) is 6.92 Å². The number of aryl methyl sites for hydroxylation is 1. The minimum absolute atomic E-state index is 0.277. The summed E-state index contributed by atoms with van der Waals surface area (Å²) in [7, 11) is 0. The van der Waals surface area contributed by atoms with Crippen LogP contribution < -0.4 is 15.5 Å². The molecule has 1 aliphatic rings. The normalized spacial score (nSPS) is 14.3. The van der Waals surface area contributed by atoms with Gasteiger partial charge in [-0.15, -0.1) is 0 Å². The Morgan fingerprint density at radius 1 is 1.08 bits per heavy atom. The van der Waals surface area contributed by atoms with Crippen LogP contribution in [-0.2, 0) is 4.74 Å². The maximum atomic E-state index is 12.4. The van der Waals surface area contributed by atoms with Gasteiger partial charge in [0.1, 0.15) is 0 Å². The molecule has 1 saturated heterocycles. The zero-order valence-electron chi connectivity index (χ0n) is 13.5. The van der Waals surface area contributed by atoms with Crippen molar-refractivity contribution >= 4 is 34.7 Å². The molecule has 0 saturated carbocycles. The maximum Gasteiger partial charge on any atom is 0.323 e. The van der Waals surface area contributed by atoms with Gasteiger partial charge in [0.2, 0.25) is 0 Å². The number of amides is 2. The third-order valence-corrected chi connectivity index (χ3v) is 4.18. The van der Waals surface area contributed by atoms with Crippen molar-refractivity contribution in [1.29, 1.82) is 0 Å². The van der Waals surface area contributed by atoms with Crippen molar-refractivity contribution < 1.29 is 9.53 Å². The number of hydrogen-bond acceptors (Lipinski definition) is 3. The summed E-state index contributed by atoms with van der Waals surface area (Å²) in [6.07, 6.45) is 0. The second-order valence-electron chi connectivity index (χ2n) is 5.65. The Morgan fingerprint density at radius 2 is 1.79 bits per heavy atom. The molecule has 0 radical (unpaired) electrons. The molecule has 1 fully saturated rings. The third-order valence-electron chi connectivity index (χ3n) is 3.94.